The molecule has 1 aromatic heterocycles. The highest BCUT2D eigenvalue weighted by atomic mass is 19.2. The summed E-state index contributed by atoms with van der Waals surface area (Å²) >= 11 is 0. The van der Waals surface area contributed by atoms with Crippen molar-refractivity contribution in [3.63, 3.8) is 0 Å². The Morgan fingerprint density at radius 3 is 2.70 bits per heavy atom. The molecule has 0 saturated carbocycles. The third kappa shape index (κ3) is 1.96. The largest absolute Gasteiger partial charge is 0.486 e. The van der Waals surface area contributed by atoms with Gasteiger partial charge in [-0.2, -0.15) is 4.39 Å². The van der Waals surface area contributed by atoms with Crippen LogP contribution in [0.25, 0.3) is 22.0 Å². The third-order valence-electron chi connectivity index (χ3n) is 4.19. The second kappa shape index (κ2) is 4.91. The third-order valence-corrected chi connectivity index (χ3v) is 4.19. The van der Waals surface area contributed by atoms with Gasteiger partial charge in [-0.05, 0) is 18.6 Å². The van der Waals surface area contributed by atoms with Crippen LogP contribution in [0.15, 0.2) is 47.4 Å². The molecule has 3 aromatic rings. The van der Waals surface area contributed by atoms with E-state index < -0.39 is 11.6 Å². The lowest BCUT2D eigenvalue weighted by Gasteiger charge is -2.27. The van der Waals surface area contributed by atoms with E-state index in [0.29, 0.717) is 11.1 Å². The molecule has 1 atom stereocenters. The van der Waals surface area contributed by atoms with Crippen molar-refractivity contribution in [2.45, 2.75) is 13.0 Å². The van der Waals surface area contributed by atoms with E-state index in [1.807, 2.05) is 37.3 Å². The molecule has 5 heteroatoms. The molecule has 0 spiro atoms. The van der Waals surface area contributed by atoms with Gasteiger partial charge in [0.2, 0.25) is 5.82 Å². The van der Waals surface area contributed by atoms with Gasteiger partial charge in [-0.1, -0.05) is 30.3 Å². The van der Waals surface area contributed by atoms with Crippen LogP contribution < -0.4 is 10.2 Å². The average Bonchev–Trinajstić information content (AvgIpc) is 2.57. The van der Waals surface area contributed by atoms with Crippen molar-refractivity contribution in [2.24, 2.45) is 0 Å². The second-order valence-electron chi connectivity index (χ2n) is 5.70. The number of aromatic nitrogens is 1. The van der Waals surface area contributed by atoms with Crippen molar-refractivity contribution in [1.29, 1.82) is 0 Å². The van der Waals surface area contributed by atoms with Crippen LogP contribution in [0.2, 0.25) is 0 Å². The van der Waals surface area contributed by atoms with Crippen LogP contribution in [-0.2, 0) is 0 Å². The monoisotopic (exact) mass is 313 g/mol. The lowest BCUT2D eigenvalue weighted by atomic mass is 10.0. The first kappa shape index (κ1) is 13.9. The lowest BCUT2D eigenvalue weighted by Crippen LogP contribution is -2.25. The van der Waals surface area contributed by atoms with Crippen molar-refractivity contribution in [3.8, 4) is 16.9 Å². The van der Waals surface area contributed by atoms with E-state index in [1.165, 1.54) is 0 Å². The predicted octanol–water partition coefficient (Wildman–Crippen LogP) is 3.90. The van der Waals surface area contributed by atoms with Gasteiger partial charge in [0.15, 0.2) is 17.0 Å². The number of pyridine rings is 1. The Bertz CT molecular complexity index is 980. The Balaban J connectivity index is 2.17. The highest BCUT2D eigenvalue weighted by Crippen LogP contribution is 2.36. The number of hydrogen-bond acceptors (Lipinski definition) is 2. The minimum atomic E-state index is -1.07. The summed E-state index contributed by atoms with van der Waals surface area (Å²) in [6.07, 6.45) is 1.70. The molecule has 3 nitrogen and oxygen atoms in total. The average molecular weight is 313 g/mol. The Kier molecular flexibility index (Phi) is 2.98. The summed E-state index contributed by atoms with van der Waals surface area (Å²) in [7, 11) is 0. The van der Waals surface area contributed by atoms with Gasteiger partial charge in [0.1, 0.15) is 6.61 Å². The summed E-state index contributed by atoms with van der Waals surface area (Å²) in [5, 5.41) is 0.131. The van der Waals surface area contributed by atoms with E-state index in [4.69, 9.17) is 4.74 Å². The fourth-order valence-corrected chi connectivity index (χ4v) is 3.02. The first-order valence-electron chi connectivity index (χ1n) is 7.33. The molecule has 1 aliphatic rings. The molecule has 0 aliphatic carbocycles. The summed E-state index contributed by atoms with van der Waals surface area (Å²) in [6, 6.07) is 10.0. The number of nitrogens with zero attached hydrogens (tertiary/aromatic N) is 1. The van der Waals surface area contributed by atoms with Gasteiger partial charge >= 0.3 is 0 Å². The summed E-state index contributed by atoms with van der Waals surface area (Å²) in [5.74, 6) is -2.31. The van der Waals surface area contributed by atoms with Crippen molar-refractivity contribution in [3.05, 3.63) is 64.5 Å². The topological polar surface area (TPSA) is 31.2 Å². The Morgan fingerprint density at radius 2 is 1.96 bits per heavy atom. The van der Waals surface area contributed by atoms with Crippen LogP contribution in [-0.4, -0.2) is 11.2 Å². The quantitative estimate of drug-likeness (QED) is 0.682. The van der Waals surface area contributed by atoms with E-state index in [9.17, 15) is 13.6 Å². The Labute approximate surface area is 130 Å². The van der Waals surface area contributed by atoms with Crippen molar-refractivity contribution in [1.82, 2.24) is 4.57 Å². The minimum absolute atomic E-state index is 0.0853. The highest BCUT2D eigenvalue weighted by Gasteiger charge is 2.26. The SMILES string of the molecule is C[C@H]1COc2c(F)c(F)cc3c(=O)c(-c4ccccc4)cn1c23. The summed E-state index contributed by atoms with van der Waals surface area (Å²) in [6.45, 7) is 2.13. The molecule has 2 heterocycles. The van der Waals surface area contributed by atoms with E-state index >= 15 is 0 Å². The summed E-state index contributed by atoms with van der Waals surface area (Å²) in [4.78, 5) is 12.8. The zero-order chi connectivity index (χ0) is 16.1. The van der Waals surface area contributed by atoms with Crippen LogP contribution >= 0.6 is 0 Å². The second-order valence-corrected chi connectivity index (χ2v) is 5.70. The molecule has 0 amide bonds. The van der Waals surface area contributed by atoms with E-state index in [0.717, 1.165) is 11.6 Å². The molecule has 23 heavy (non-hydrogen) atoms. The van der Waals surface area contributed by atoms with Crippen LogP contribution in [0.1, 0.15) is 13.0 Å². The zero-order valence-electron chi connectivity index (χ0n) is 12.3. The van der Waals surface area contributed by atoms with Gasteiger partial charge < -0.3 is 9.30 Å². The molecule has 0 saturated heterocycles. The molecule has 0 bridgehead atoms. The molecule has 2 aromatic carbocycles. The highest BCUT2D eigenvalue weighted by molar-refractivity contribution is 5.89. The Morgan fingerprint density at radius 1 is 1.22 bits per heavy atom. The van der Waals surface area contributed by atoms with E-state index in [1.54, 1.807) is 10.8 Å². The lowest BCUT2D eigenvalue weighted by molar-refractivity contribution is 0.233. The molecular weight excluding hydrogens is 300 g/mol. The maximum Gasteiger partial charge on any atom is 0.202 e. The van der Waals surface area contributed by atoms with Gasteiger partial charge in [-0.3, -0.25) is 4.79 Å². The van der Waals surface area contributed by atoms with E-state index in [-0.39, 0.29) is 29.2 Å². The van der Waals surface area contributed by atoms with Gasteiger partial charge in [0, 0.05) is 11.8 Å². The molecule has 0 radical (unpaired) electrons. The molecular formula is C18H13F2NO2. The Hall–Kier alpha value is -2.69. The van der Waals surface area contributed by atoms with Gasteiger partial charge in [-0.15, -0.1) is 0 Å². The molecule has 0 fully saturated rings. The number of rotatable bonds is 1. The number of ether oxygens (including phenoxy) is 1. The fourth-order valence-electron chi connectivity index (χ4n) is 3.02. The first-order chi connectivity index (χ1) is 11.1. The normalized spacial score (nSPS) is 16.4. The molecule has 0 unspecified atom stereocenters. The van der Waals surface area contributed by atoms with Crippen LogP contribution in [0.5, 0.6) is 5.75 Å². The maximum absolute atomic E-state index is 14.0. The predicted molar refractivity (Wildman–Crippen MR) is 83.8 cm³/mol. The van der Waals surface area contributed by atoms with Gasteiger partial charge in [0.25, 0.3) is 0 Å². The molecule has 116 valence electrons. The number of benzene rings is 2. The summed E-state index contributed by atoms with van der Waals surface area (Å²) < 4.78 is 35.0. The van der Waals surface area contributed by atoms with Gasteiger partial charge in [-0.25, -0.2) is 4.39 Å². The zero-order valence-corrected chi connectivity index (χ0v) is 12.3. The molecule has 0 N–H and O–H groups in total. The van der Waals surface area contributed by atoms with Gasteiger partial charge in [0.05, 0.1) is 16.9 Å². The van der Waals surface area contributed by atoms with Crippen LogP contribution in [0, 0.1) is 11.6 Å². The van der Waals surface area contributed by atoms with Crippen molar-refractivity contribution in [2.75, 3.05) is 6.61 Å². The number of hydrogen-bond donors (Lipinski definition) is 0. The maximum atomic E-state index is 14.0. The summed E-state index contributed by atoms with van der Waals surface area (Å²) in [5.41, 5.74) is 1.18. The van der Waals surface area contributed by atoms with Crippen LogP contribution in [0.3, 0.4) is 0 Å². The number of halogens is 2. The fraction of sp³-hybridized carbons (Fsp3) is 0.167. The first-order valence-corrected chi connectivity index (χ1v) is 7.33. The van der Waals surface area contributed by atoms with Crippen molar-refractivity contribution >= 4 is 10.9 Å². The van der Waals surface area contributed by atoms with E-state index in [2.05, 4.69) is 0 Å². The molecule has 4 rings (SSSR count). The standard InChI is InChI=1S/C18H13F2NO2/c1-10-9-23-18-15(20)14(19)7-12-16(18)21(10)8-13(17(12)22)11-5-3-2-4-6-11/h2-8,10H,9H2,1H3/t10-/m0/s1. The van der Waals surface area contributed by atoms with Crippen LogP contribution in [0.4, 0.5) is 8.78 Å². The molecule has 1 aliphatic heterocycles. The van der Waals surface area contributed by atoms with Crippen molar-refractivity contribution < 1.29 is 13.5 Å². The smallest absolute Gasteiger partial charge is 0.202 e. The minimum Gasteiger partial charge on any atom is -0.486 e.